The molecule has 150 valence electrons. The fourth-order valence-electron chi connectivity index (χ4n) is 3.21. The first-order valence-electron chi connectivity index (χ1n) is 8.89. The van der Waals surface area contributed by atoms with E-state index in [0.717, 1.165) is 33.1 Å². The van der Waals surface area contributed by atoms with E-state index >= 15 is 0 Å². The molecule has 0 saturated heterocycles. The number of thiazole rings is 1. The summed E-state index contributed by atoms with van der Waals surface area (Å²) in [4.78, 5) is 16.7. The maximum Gasteiger partial charge on any atom is 0.275 e. The summed E-state index contributed by atoms with van der Waals surface area (Å²) in [5, 5.41) is 18.3. The fourth-order valence-corrected chi connectivity index (χ4v) is 5.34. The molecule has 0 aliphatic heterocycles. The number of aliphatic hydroxyl groups is 1. The Morgan fingerprint density at radius 1 is 1.17 bits per heavy atom. The molecule has 9 heteroatoms. The van der Waals surface area contributed by atoms with E-state index in [-0.39, 0.29) is 10.8 Å². The monoisotopic (exact) mass is 428 g/mol. The van der Waals surface area contributed by atoms with Crippen LogP contribution in [0.1, 0.15) is 18.9 Å². The van der Waals surface area contributed by atoms with Gasteiger partial charge in [-0.25, -0.2) is 14.3 Å². The zero-order valence-electron chi connectivity index (χ0n) is 15.9. The van der Waals surface area contributed by atoms with Crippen molar-refractivity contribution in [3.8, 4) is 0 Å². The summed E-state index contributed by atoms with van der Waals surface area (Å²) in [6.07, 6.45) is 1.30. The van der Waals surface area contributed by atoms with E-state index in [0.29, 0.717) is 5.01 Å². The summed E-state index contributed by atoms with van der Waals surface area (Å²) >= 11 is 0.987. The van der Waals surface area contributed by atoms with Crippen LogP contribution in [0.15, 0.2) is 63.3 Å². The van der Waals surface area contributed by atoms with Gasteiger partial charge in [0.05, 0.1) is 6.20 Å². The number of hydrogen-bond donors (Lipinski definition) is 2. The molecule has 1 atom stereocenters. The number of aromatic nitrogens is 2. The second-order valence-electron chi connectivity index (χ2n) is 7.22. The first-order valence-corrected chi connectivity index (χ1v) is 11.3. The van der Waals surface area contributed by atoms with Crippen molar-refractivity contribution in [3.05, 3.63) is 59.7 Å². The number of carbonyl (C=O) groups is 1. The number of hydrogen-bond acceptors (Lipinski definition) is 5. The lowest BCUT2D eigenvalue weighted by atomic mass is 10.2. The zero-order chi connectivity index (χ0) is 20.8. The van der Waals surface area contributed by atoms with Crippen LogP contribution in [0.3, 0.4) is 0 Å². The Bertz CT molecular complexity index is 1300. The molecule has 29 heavy (non-hydrogen) atoms. The van der Waals surface area contributed by atoms with E-state index in [9.17, 15) is 14.1 Å². The number of nitrogens with zero attached hydrogens (tertiary/aromatic N) is 3. The summed E-state index contributed by atoms with van der Waals surface area (Å²) < 4.78 is 18.7. The normalized spacial score (nSPS) is 14.2. The van der Waals surface area contributed by atoms with Gasteiger partial charge in [0.15, 0.2) is 9.92 Å². The van der Waals surface area contributed by atoms with Gasteiger partial charge in [-0.05, 0) is 26.0 Å². The molecular formula is C20H20N4O3S2. The third-order valence-corrected chi connectivity index (χ3v) is 7.73. The van der Waals surface area contributed by atoms with Gasteiger partial charge in [-0.3, -0.25) is 4.79 Å². The first-order chi connectivity index (χ1) is 13.7. The van der Waals surface area contributed by atoms with Crippen molar-refractivity contribution in [3.63, 3.8) is 0 Å². The molecule has 0 bridgehead atoms. The molecule has 0 aliphatic carbocycles. The van der Waals surface area contributed by atoms with Crippen LogP contribution in [-0.4, -0.2) is 24.8 Å². The van der Waals surface area contributed by atoms with Crippen LogP contribution in [0.4, 0.5) is 0 Å². The molecule has 0 unspecified atom stereocenters. The fraction of sp³-hybridized carbons (Fsp3) is 0.200. The Labute approximate surface area is 172 Å². The van der Waals surface area contributed by atoms with Gasteiger partial charge in [-0.15, -0.1) is 15.7 Å². The van der Waals surface area contributed by atoms with Crippen molar-refractivity contribution in [2.24, 2.45) is 9.50 Å². The van der Waals surface area contributed by atoms with Crippen LogP contribution >= 0.6 is 11.3 Å². The topological polar surface area (TPSA) is 111 Å². The zero-order valence-corrected chi connectivity index (χ0v) is 17.5. The largest absolute Gasteiger partial charge is 0.383 e. The highest BCUT2D eigenvalue weighted by Crippen LogP contribution is 2.29. The summed E-state index contributed by atoms with van der Waals surface area (Å²) in [6, 6.07) is 15.6. The lowest BCUT2D eigenvalue weighted by molar-refractivity contribution is -0.118. The molecule has 0 spiro atoms. The Balaban J connectivity index is 1.73. The van der Waals surface area contributed by atoms with E-state index in [1.807, 2.05) is 53.1 Å². The van der Waals surface area contributed by atoms with Crippen LogP contribution in [-0.2, 0) is 26.9 Å². The maximum absolute atomic E-state index is 12.9. The van der Waals surface area contributed by atoms with Gasteiger partial charge in [0.1, 0.15) is 21.4 Å². The maximum atomic E-state index is 12.9. The van der Waals surface area contributed by atoms with E-state index in [2.05, 4.69) is 9.35 Å². The summed E-state index contributed by atoms with van der Waals surface area (Å²) in [5.74, 6) is -0.595. The second-order valence-corrected chi connectivity index (χ2v) is 10.3. The average molecular weight is 429 g/mol. The van der Waals surface area contributed by atoms with Crippen molar-refractivity contribution in [1.29, 1.82) is 0 Å². The van der Waals surface area contributed by atoms with Gasteiger partial charge < -0.3 is 9.67 Å². The van der Waals surface area contributed by atoms with Crippen molar-refractivity contribution in [2.75, 3.05) is 0 Å². The van der Waals surface area contributed by atoms with Crippen LogP contribution in [0, 0.1) is 0 Å². The standard InChI is InChI=1S/C20H20N4O3S2/c1-20(2,26)19-22-11-18(28-19)29(21,27)23-17(25)12-24-15-9-5-3-7-13(15)14-8-4-6-10-16(14)24/h3-11,26H,12H2,1-2H3,(H2,21,23,25,27)/t29-/m0/s1. The van der Waals surface area contributed by atoms with Gasteiger partial charge in [0.25, 0.3) is 5.91 Å². The van der Waals surface area contributed by atoms with Crippen LogP contribution in [0.2, 0.25) is 0 Å². The summed E-state index contributed by atoms with van der Waals surface area (Å²) in [5.41, 5.74) is 0.594. The molecule has 0 saturated carbocycles. The predicted octanol–water partition coefficient (Wildman–Crippen LogP) is 3.41. The Kier molecular flexibility index (Phi) is 4.78. The predicted molar refractivity (Wildman–Crippen MR) is 115 cm³/mol. The van der Waals surface area contributed by atoms with Crippen molar-refractivity contribution in [1.82, 2.24) is 9.55 Å². The molecule has 0 radical (unpaired) electrons. The SMILES string of the molecule is CC(C)(O)c1ncc([S@@](N)(=O)=NC(=O)Cn2c3ccccc3c3ccccc32)s1. The highest BCUT2D eigenvalue weighted by Gasteiger charge is 2.23. The van der Waals surface area contributed by atoms with Crippen LogP contribution < -0.4 is 5.14 Å². The summed E-state index contributed by atoms with van der Waals surface area (Å²) in [6.45, 7) is 3.05. The Hall–Kier alpha value is -2.59. The van der Waals surface area contributed by atoms with E-state index in [4.69, 9.17) is 5.14 Å². The molecule has 3 N–H and O–H groups in total. The quantitative estimate of drug-likeness (QED) is 0.519. The van der Waals surface area contributed by atoms with Gasteiger partial charge in [-0.1, -0.05) is 36.4 Å². The van der Waals surface area contributed by atoms with Crippen LogP contribution in [0.5, 0.6) is 0 Å². The molecule has 0 fully saturated rings. The molecule has 0 aliphatic rings. The number of para-hydroxylation sites is 2. The minimum Gasteiger partial charge on any atom is -0.383 e. The Morgan fingerprint density at radius 3 is 2.24 bits per heavy atom. The van der Waals surface area contributed by atoms with Gasteiger partial charge >= 0.3 is 0 Å². The van der Waals surface area contributed by atoms with E-state index in [1.165, 1.54) is 6.20 Å². The molecule has 4 aromatic rings. The molecule has 7 nitrogen and oxygen atoms in total. The number of carbonyl (C=O) groups excluding carboxylic acids is 1. The van der Waals surface area contributed by atoms with E-state index < -0.39 is 21.4 Å². The molecule has 2 aromatic carbocycles. The lowest BCUT2D eigenvalue weighted by Crippen LogP contribution is -2.16. The Morgan fingerprint density at radius 2 is 1.72 bits per heavy atom. The minimum absolute atomic E-state index is 0.0840. The lowest BCUT2D eigenvalue weighted by Gasteiger charge is -2.12. The van der Waals surface area contributed by atoms with Gasteiger partial charge in [0, 0.05) is 21.8 Å². The number of amides is 1. The molecular weight excluding hydrogens is 408 g/mol. The van der Waals surface area contributed by atoms with Crippen molar-refractivity contribution < 1.29 is 14.1 Å². The molecule has 2 aromatic heterocycles. The first kappa shape index (κ1) is 19.7. The molecule has 1 amide bonds. The third kappa shape index (κ3) is 3.69. The number of fused-ring (bicyclic) bond motifs is 3. The van der Waals surface area contributed by atoms with Gasteiger partial charge in [0.2, 0.25) is 0 Å². The minimum atomic E-state index is -3.45. The van der Waals surface area contributed by atoms with Crippen molar-refractivity contribution in [2.45, 2.75) is 30.2 Å². The number of benzene rings is 2. The molecule has 2 heterocycles. The average Bonchev–Trinajstić information content (AvgIpc) is 3.27. The highest BCUT2D eigenvalue weighted by molar-refractivity contribution is 7.93. The van der Waals surface area contributed by atoms with Gasteiger partial charge in [-0.2, -0.15) is 0 Å². The van der Waals surface area contributed by atoms with E-state index in [1.54, 1.807) is 13.8 Å². The third-order valence-electron chi connectivity index (χ3n) is 4.51. The van der Waals surface area contributed by atoms with Crippen molar-refractivity contribution >= 4 is 49.0 Å². The smallest absolute Gasteiger partial charge is 0.275 e. The molecule has 4 rings (SSSR count). The second kappa shape index (κ2) is 7.03. The summed E-state index contributed by atoms with van der Waals surface area (Å²) in [7, 11) is -3.45. The number of nitrogens with two attached hydrogens (primary N) is 1. The number of rotatable bonds is 4. The van der Waals surface area contributed by atoms with Crippen LogP contribution in [0.25, 0.3) is 21.8 Å². The highest BCUT2D eigenvalue weighted by atomic mass is 32.2.